The number of ether oxygens (including phenoxy) is 1. The van der Waals surface area contributed by atoms with Crippen LogP contribution in [0.5, 0.6) is 0 Å². The molecule has 3 nitrogen and oxygen atoms in total. The number of hydrogen-bond donors (Lipinski definition) is 1. The zero-order valence-corrected chi connectivity index (χ0v) is 8.21. The van der Waals surface area contributed by atoms with E-state index in [1.54, 1.807) is 0 Å². The molecule has 1 rings (SSSR count). The Hall–Kier alpha value is -0.570. The number of carbonyl (C=O) groups excluding carboxylic acids is 1. The van der Waals surface area contributed by atoms with Crippen LogP contribution in [-0.4, -0.2) is 23.3 Å². The predicted octanol–water partition coefficient (Wildman–Crippen LogP) is 1.63. The van der Waals surface area contributed by atoms with Crippen molar-refractivity contribution in [3.8, 4) is 0 Å². The molecule has 76 valence electrons. The molecule has 0 amide bonds. The van der Waals surface area contributed by atoms with Crippen molar-refractivity contribution in [2.75, 3.05) is 6.61 Å². The van der Waals surface area contributed by atoms with Crippen molar-refractivity contribution in [1.82, 2.24) is 0 Å². The summed E-state index contributed by atoms with van der Waals surface area (Å²) in [5.74, 6) is -0.418. The Bertz CT molecular complexity index is 171. The van der Waals surface area contributed by atoms with Crippen LogP contribution in [-0.2, 0) is 9.53 Å². The van der Waals surface area contributed by atoms with Gasteiger partial charge in [-0.05, 0) is 32.1 Å². The average molecular weight is 186 g/mol. The van der Waals surface area contributed by atoms with Gasteiger partial charge >= 0.3 is 5.97 Å². The SMILES string of the molecule is CCCCOC(=O)C1(O)CCCC1. The predicted molar refractivity (Wildman–Crippen MR) is 49.3 cm³/mol. The van der Waals surface area contributed by atoms with Gasteiger partial charge in [0.15, 0.2) is 5.60 Å². The van der Waals surface area contributed by atoms with Crippen LogP contribution in [0, 0.1) is 0 Å². The fourth-order valence-electron chi connectivity index (χ4n) is 1.61. The van der Waals surface area contributed by atoms with Gasteiger partial charge in [-0.2, -0.15) is 0 Å². The number of aliphatic hydroxyl groups is 1. The summed E-state index contributed by atoms with van der Waals surface area (Å²) < 4.78 is 4.98. The Morgan fingerprint density at radius 3 is 2.62 bits per heavy atom. The first-order valence-electron chi connectivity index (χ1n) is 5.08. The van der Waals surface area contributed by atoms with E-state index in [4.69, 9.17) is 4.74 Å². The van der Waals surface area contributed by atoms with Crippen LogP contribution in [0.1, 0.15) is 45.4 Å². The molecule has 0 heterocycles. The summed E-state index contributed by atoms with van der Waals surface area (Å²) in [6.07, 6.45) is 4.88. The van der Waals surface area contributed by atoms with E-state index in [2.05, 4.69) is 0 Å². The van der Waals surface area contributed by atoms with E-state index in [1.165, 1.54) is 0 Å². The first-order chi connectivity index (χ1) is 6.19. The number of unbranched alkanes of at least 4 members (excludes halogenated alkanes) is 1. The molecule has 3 heteroatoms. The highest BCUT2D eigenvalue weighted by Gasteiger charge is 2.40. The first kappa shape index (κ1) is 10.5. The van der Waals surface area contributed by atoms with Crippen LogP contribution in [0.3, 0.4) is 0 Å². The summed E-state index contributed by atoms with van der Waals surface area (Å²) in [5.41, 5.74) is -1.16. The highest BCUT2D eigenvalue weighted by Crippen LogP contribution is 2.30. The van der Waals surface area contributed by atoms with Gasteiger partial charge in [0.1, 0.15) is 0 Å². The molecule has 0 atom stereocenters. The Labute approximate surface area is 79.1 Å². The van der Waals surface area contributed by atoms with Crippen LogP contribution >= 0.6 is 0 Å². The molecule has 1 saturated carbocycles. The Kier molecular flexibility index (Phi) is 3.72. The van der Waals surface area contributed by atoms with Gasteiger partial charge in [0, 0.05) is 0 Å². The number of hydrogen-bond acceptors (Lipinski definition) is 3. The van der Waals surface area contributed by atoms with Gasteiger partial charge < -0.3 is 9.84 Å². The monoisotopic (exact) mass is 186 g/mol. The van der Waals surface area contributed by atoms with Crippen molar-refractivity contribution in [3.05, 3.63) is 0 Å². The van der Waals surface area contributed by atoms with Crippen LogP contribution in [0.25, 0.3) is 0 Å². The van der Waals surface area contributed by atoms with E-state index in [1.807, 2.05) is 6.92 Å². The summed E-state index contributed by atoms with van der Waals surface area (Å²) >= 11 is 0. The Morgan fingerprint density at radius 1 is 1.46 bits per heavy atom. The van der Waals surface area contributed by atoms with E-state index in [-0.39, 0.29) is 0 Å². The molecule has 1 aliphatic rings. The van der Waals surface area contributed by atoms with Crippen LogP contribution < -0.4 is 0 Å². The molecule has 0 aromatic rings. The van der Waals surface area contributed by atoms with Gasteiger partial charge in [-0.3, -0.25) is 0 Å². The summed E-state index contributed by atoms with van der Waals surface area (Å²) in [7, 11) is 0. The third-order valence-corrected chi connectivity index (χ3v) is 2.54. The van der Waals surface area contributed by atoms with Gasteiger partial charge in [-0.25, -0.2) is 4.79 Å². The Balaban J connectivity index is 2.29. The van der Waals surface area contributed by atoms with Crippen LogP contribution in [0.4, 0.5) is 0 Å². The van der Waals surface area contributed by atoms with Gasteiger partial charge in [0.05, 0.1) is 6.61 Å². The minimum atomic E-state index is -1.16. The molecule has 1 N–H and O–H groups in total. The standard InChI is InChI=1S/C10H18O3/c1-2-3-8-13-9(11)10(12)6-4-5-7-10/h12H,2-8H2,1H3. The van der Waals surface area contributed by atoms with E-state index >= 15 is 0 Å². The molecular formula is C10H18O3. The van der Waals surface area contributed by atoms with Crippen LogP contribution in [0.15, 0.2) is 0 Å². The lowest BCUT2D eigenvalue weighted by Gasteiger charge is -2.19. The Morgan fingerprint density at radius 2 is 2.08 bits per heavy atom. The summed E-state index contributed by atoms with van der Waals surface area (Å²) in [6, 6.07) is 0. The van der Waals surface area contributed by atoms with E-state index in [0.29, 0.717) is 19.4 Å². The first-order valence-corrected chi connectivity index (χ1v) is 5.08. The van der Waals surface area contributed by atoms with Crippen molar-refractivity contribution in [2.24, 2.45) is 0 Å². The molecule has 0 bridgehead atoms. The van der Waals surface area contributed by atoms with Gasteiger partial charge in [-0.15, -0.1) is 0 Å². The highest BCUT2D eigenvalue weighted by atomic mass is 16.5. The third-order valence-electron chi connectivity index (χ3n) is 2.54. The quantitative estimate of drug-likeness (QED) is 0.536. The van der Waals surface area contributed by atoms with E-state index < -0.39 is 11.6 Å². The van der Waals surface area contributed by atoms with Gasteiger partial charge in [-0.1, -0.05) is 13.3 Å². The zero-order valence-electron chi connectivity index (χ0n) is 8.21. The molecule has 0 aromatic carbocycles. The lowest BCUT2D eigenvalue weighted by molar-refractivity contribution is -0.164. The number of esters is 1. The van der Waals surface area contributed by atoms with Gasteiger partial charge in [0.25, 0.3) is 0 Å². The lowest BCUT2D eigenvalue weighted by atomic mass is 10.0. The topological polar surface area (TPSA) is 46.5 Å². The van der Waals surface area contributed by atoms with E-state index in [0.717, 1.165) is 25.7 Å². The largest absolute Gasteiger partial charge is 0.464 e. The second kappa shape index (κ2) is 4.61. The van der Waals surface area contributed by atoms with Crippen molar-refractivity contribution in [3.63, 3.8) is 0 Å². The van der Waals surface area contributed by atoms with Crippen molar-refractivity contribution in [2.45, 2.75) is 51.0 Å². The minimum Gasteiger partial charge on any atom is -0.464 e. The lowest BCUT2D eigenvalue weighted by Crippen LogP contribution is -2.37. The van der Waals surface area contributed by atoms with Crippen molar-refractivity contribution < 1.29 is 14.6 Å². The second-order valence-electron chi connectivity index (χ2n) is 3.73. The second-order valence-corrected chi connectivity index (χ2v) is 3.73. The molecule has 1 aliphatic carbocycles. The molecule has 0 spiro atoms. The van der Waals surface area contributed by atoms with Gasteiger partial charge in [0.2, 0.25) is 0 Å². The number of carbonyl (C=O) groups is 1. The average Bonchev–Trinajstić information content (AvgIpc) is 2.54. The third kappa shape index (κ3) is 2.69. The highest BCUT2D eigenvalue weighted by molar-refractivity contribution is 5.79. The molecule has 0 aliphatic heterocycles. The maximum absolute atomic E-state index is 11.4. The fourth-order valence-corrected chi connectivity index (χ4v) is 1.61. The molecule has 0 aromatic heterocycles. The molecule has 0 unspecified atom stereocenters. The molecule has 0 saturated heterocycles. The van der Waals surface area contributed by atoms with Crippen LogP contribution in [0.2, 0.25) is 0 Å². The molecule has 1 fully saturated rings. The molecule has 0 radical (unpaired) electrons. The maximum Gasteiger partial charge on any atom is 0.338 e. The summed E-state index contributed by atoms with van der Waals surface area (Å²) in [6.45, 7) is 2.48. The smallest absolute Gasteiger partial charge is 0.338 e. The van der Waals surface area contributed by atoms with Crippen molar-refractivity contribution >= 4 is 5.97 Å². The molecule has 13 heavy (non-hydrogen) atoms. The number of rotatable bonds is 4. The normalized spacial score (nSPS) is 20.2. The molecular weight excluding hydrogens is 168 g/mol. The fraction of sp³-hybridized carbons (Fsp3) is 0.900. The van der Waals surface area contributed by atoms with Crippen molar-refractivity contribution in [1.29, 1.82) is 0 Å². The summed E-state index contributed by atoms with van der Waals surface area (Å²) in [5, 5.41) is 9.78. The maximum atomic E-state index is 11.4. The van der Waals surface area contributed by atoms with E-state index in [9.17, 15) is 9.90 Å². The summed E-state index contributed by atoms with van der Waals surface area (Å²) in [4.78, 5) is 11.4. The zero-order chi connectivity index (χ0) is 9.73. The minimum absolute atomic E-state index is 0.418.